The minimum atomic E-state index is -0.141. The van der Waals surface area contributed by atoms with Crippen molar-refractivity contribution in [3.05, 3.63) is 56.5 Å². The van der Waals surface area contributed by atoms with Crippen molar-refractivity contribution in [1.29, 1.82) is 0 Å². The predicted molar refractivity (Wildman–Crippen MR) is 143 cm³/mol. The Bertz CT molecular complexity index is 886. The summed E-state index contributed by atoms with van der Waals surface area (Å²) in [7, 11) is 0. The van der Waals surface area contributed by atoms with Crippen LogP contribution in [0.15, 0.2) is 45.3 Å². The molecule has 2 aromatic rings. The summed E-state index contributed by atoms with van der Waals surface area (Å²) in [4.78, 5) is 25.2. The molecule has 0 atom stereocenters. The fourth-order valence-corrected chi connectivity index (χ4v) is 3.99. The average Bonchev–Trinajstić information content (AvgIpc) is 2.77. The van der Waals surface area contributed by atoms with E-state index in [0.29, 0.717) is 35.7 Å². The van der Waals surface area contributed by atoms with Gasteiger partial charge in [0, 0.05) is 22.0 Å². The molecule has 2 N–H and O–H groups in total. The summed E-state index contributed by atoms with van der Waals surface area (Å²) in [6.45, 7) is 8.92. The molecular formula is C26H34Br2N2O4. The minimum absolute atomic E-state index is 0.00838. The molecule has 34 heavy (non-hydrogen) atoms. The number of carbonyl (C=O) groups excluding carboxylic acids is 2. The Hall–Kier alpha value is -2.06. The summed E-state index contributed by atoms with van der Waals surface area (Å²) >= 11 is 6.83. The topological polar surface area (TPSA) is 76.7 Å². The van der Waals surface area contributed by atoms with Crippen LogP contribution in [0.25, 0.3) is 0 Å². The van der Waals surface area contributed by atoms with E-state index in [1.54, 1.807) is 24.3 Å². The van der Waals surface area contributed by atoms with Crippen LogP contribution in [0, 0.1) is 0 Å². The Labute approximate surface area is 219 Å². The highest BCUT2D eigenvalue weighted by molar-refractivity contribution is 9.10. The second-order valence-corrected chi connectivity index (χ2v) is 10.4. The van der Waals surface area contributed by atoms with E-state index < -0.39 is 0 Å². The van der Waals surface area contributed by atoms with Crippen molar-refractivity contribution in [2.75, 3.05) is 13.1 Å². The van der Waals surface area contributed by atoms with Crippen LogP contribution in [0.5, 0.6) is 11.5 Å². The number of hydrogen-bond acceptors (Lipinski definition) is 4. The first-order valence-corrected chi connectivity index (χ1v) is 13.2. The van der Waals surface area contributed by atoms with E-state index in [1.807, 2.05) is 39.8 Å². The third-order valence-electron chi connectivity index (χ3n) is 4.77. The Kier molecular flexibility index (Phi) is 11.9. The molecule has 0 fully saturated rings. The summed E-state index contributed by atoms with van der Waals surface area (Å²) < 4.78 is 13.2. The smallest absolute Gasteiger partial charge is 0.255 e. The highest BCUT2D eigenvalue weighted by Crippen LogP contribution is 2.25. The summed E-state index contributed by atoms with van der Waals surface area (Å²) in [5.74, 6) is 0.882. The van der Waals surface area contributed by atoms with E-state index in [2.05, 4.69) is 42.5 Å². The summed E-state index contributed by atoms with van der Waals surface area (Å²) in [6.07, 6.45) is 3.64. The van der Waals surface area contributed by atoms with Crippen LogP contribution >= 0.6 is 31.9 Å². The number of unbranched alkanes of at least 4 members (excludes halogenated alkanes) is 3. The van der Waals surface area contributed by atoms with Crippen molar-refractivity contribution in [2.45, 2.75) is 65.6 Å². The van der Waals surface area contributed by atoms with Gasteiger partial charge in [-0.3, -0.25) is 9.59 Å². The van der Waals surface area contributed by atoms with E-state index in [1.165, 1.54) is 0 Å². The van der Waals surface area contributed by atoms with Crippen molar-refractivity contribution >= 4 is 43.7 Å². The molecule has 0 unspecified atom stereocenters. The fraction of sp³-hybridized carbons (Fsp3) is 0.462. The van der Waals surface area contributed by atoms with E-state index in [-0.39, 0.29) is 24.0 Å². The number of nitrogens with one attached hydrogen (secondary N) is 2. The zero-order valence-corrected chi connectivity index (χ0v) is 23.4. The standard InChI is InChI=1S/C26H34Br2N2O4/c1-17(2)33-23-11-9-19(27)15-21(23)25(31)29-13-7-5-6-8-14-30-26(32)22-16-20(28)10-12-24(22)34-18(3)4/h9-12,15-18H,5-8,13-14H2,1-4H3,(H,29,31)(H,30,32). The number of halogens is 2. The van der Waals surface area contributed by atoms with Gasteiger partial charge in [0.1, 0.15) is 11.5 Å². The highest BCUT2D eigenvalue weighted by Gasteiger charge is 2.15. The lowest BCUT2D eigenvalue weighted by Crippen LogP contribution is -2.26. The molecule has 0 aromatic heterocycles. The molecule has 6 nitrogen and oxygen atoms in total. The fourth-order valence-electron chi connectivity index (χ4n) is 3.27. The maximum atomic E-state index is 12.6. The van der Waals surface area contributed by atoms with E-state index >= 15 is 0 Å². The van der Waals surface area contributed by atoms with Gasteiger partial charge in [-0.1, -0.05) is 44.7 Å². The number of carbonyl (C=O) groups is 2. The lowest BCUT2D eigenvalue weighted by molar-refractivity contribution is 0.0936. The molecule has 0 radical (unpaired) electrons. The number of hydrogen-bond donors (Lipinski definition) is 2. The summed E-state index contributed by atoms with van der Waals surface area (Å²) in [6, 6.07) is 10.9. The molecule has 0 saturated heterocycles. The maximum Gasteiger partial charge on any atom is 0.255 e. The van der Waals surface area contributed by atoms with Crippen molar-refractivity contribution < 1.29 is 19.1 Å². The SMILES string of the molecule is CC(C)Oc1ccc(Br)cc1C(=O)NCCCCCCNC(=O)c1cc(Br)ccc1OC(C)C. The third kappa shape index (κ3) is 9.66. The van der Waals surface area contributed by atoms with Gasteiger partial charge in [0.05, 0.1) is 23.3 Å². The molecule has 2 amide bonds. The third-order valence-corrected chi connectivity index (χ3v) is 5.76. The second-order valence-electron chi connectivity index (χ2n) is 8.54. The van der Waals surface area contributed by atoms with Gasteiger partial charge < -0.3 is 20.1 Å². The zero-order chi connectivity index (χ0) is 25.1. The first-order valence-electron chi connectivity index (χ1n) is 11.7. The van der Waals surface area contributed by atoms with Gasteiger partial charge in [-0.25, -0.2) is 0 Å². The molecule has 8 heteroatoms. The monoisotopic (exact) mass is 596 g/mol. The molecule has 0 saturated carbocycles. The first-order chi connectivity index (χ1) is 16.2. The van der Waals surface area contributed by atoms with Crippen LogP contribution in [-0.2, 0) is 0 Å². The largest absolute Gasteiger partial charge is 0.490 e. The van der Waals surface area contributed by atoms with Crippen LogP contribution in [0.2, 0.25) is 0 Å². The highest BCUT2D eigenvalue weighted by atomic mass is 79.9. The second kappa shape index (κ2) is 14.4. The molecule has 0 aliphatic heterocycles. The predicted octanol–water partition coefficient (Wildman–Crippen LogP) is 6.51. The maximum absolute atomic E-state index is 12.6. The zero-order valence-electron chi connectivity index (χ0n) is 20.3. The van der Waals surface area contributed by atoms with Gasteiger partial charge in [0.15, 0.2) is 0 Å². The molecule has 0 aliphatic carbocycles. The lowest BCUT2D eigenvalue weighted by Gasteiger charge is -2.15. The Morgan fingerprint density at radius 2 is 1.09 bits per heavy atom. The Morgan fingerprint density at radius 3 is 1.44 bits per heavy atom. The van der Waals surface area contributed by atoms with E-state index in [4.69, 9.17) is 9.47 Å². The van der Waals surface area contributed by atoms with Gasteiger partial charge in [-0.15, -0.1) is 0 Å². The normalized spacial score (nSPS) is 10.9. The van der Waals surface area contributed by atoms with Crippen LogP contribution in [-0.4, -0.2) is 37.1 Å². The van der Waals surface area contributed by atoms with Gasteiger partial charge in [-0.05, 0) is 76.9 Å². The Balaban J connectivity index is 1.69. The molecule has 2 aromatic carbocycles. The van der Waals surface area contributed by atoms with E-state index in [0.717, 1.165) is 34.6 Å². The molecule has 2 rings (SSSR count). The van der Waals surface area contributed by atoms with Crippen molar-refractivity contribution in [3.8, 4) is 11.5 Å². The number of amides is 2. The van der Waals surface area contributed by atoms with Crippen LogP contribution in [0.4, 0.5) is 0 Å². The molecule has 0 aliphatic rings. The quantitative estimate of drug-likeness (QED) is 0.258. The van der Waals surface area contributed by atoms with Crippen molar-refractivity contribution in [1.82, 2.24) is 10.6 Å². The van der Waals surface area contributed by atoms with E-state index in [9.17, 15) is 9.59 Å². The number of rotatable bonds is 13. The van der Waals surface area contributed by atoms with Gasteiger partial charge in [0.25, 0.3) is 11.8 Å². The average molecular weight is 598 g/mol. The number of benzene rings is 2. The summed E-state index contributed by atoms with van der Waals surface area (Å²) in [5, 5.41) is 5.94. The molecular weight excluding hydrogens is 564 g/mol. The molecule has 186 valence electrons. The Morgan fingerprint density at radius 1 is 0.706 bits per heavy atom. The van der Waals surface area contributed by atoms with Gasteiger partial charge in [0.2, 0.25) is 0 Å². The lowest BCUT2D eigenvalue weighted by atomic mass is 10.1. The van der Waals surface area contributed by atoms with Crippen LogP contribution < -0.4 is 20.1 Å². The first kappa shape index (κ1) is 28.2. The van der Waals surface area contributed by atoms with Crippen LogP contribution in [0.1, 0.15) is 74.1 Å². The molecule has 0 heterocycles. The van der Waals surface area contributed by atoms with Gasteiger partial charge >= 0.3 is 0 Å². The molecule has 0 bridgehead atoms. The molecule has 0 spiro atoms. The van der Waals surface area contributed by atoms with Crippen molar-refractivity contribution in [2.24, 2.45) is 0 Å². The minimum Gasteiger partial charge on any atom is -0.490 e. The number of ether oxygens (including phenoxy) is 2. The van der Waals surface area contributed by atoms with Gasteiger partial charge in [-0.2, -0.15) is 0 Å². The van der Waals surface area contributed by atoms with Crippen molar-refractivity contribution in [3.63, 3.8) is 0 Å². The van der Waals surface area contributed by atoms with Crippen LogP contribution in [0.3, 0.4) is 0 Å². The summed E-state index contributed by atoms with van der Waals surface area (Å²) in [5.41, 5.74) is 1.05.